The maximum Gasteiger partial charge on any atom is 0.341 e. The van der Waals surface area contributed by atoms with Gasteiger partial charge in [0.2, 0.25) is 0 Å². The van der Waals surface area contributed by atoms with Crippen LogP contribution in [0.3, 0.4) is 0 Å². The third-order valence-electron chi connectivity index (χ3n) is 3.01. The lowest BCUT2D eigenvalue weighted by atomic mass is 10.0. The van der Waals surface area contributed by atoms with Crippen LogP contribution in [0.15, 0.2) is 24.4 Å². The van der Waals surface area contributed by atoms with E-state index in [4.69, 9.17) is 10.5 Å². The van der Waals surface area contributed by atoms with Crippen LogP contribution in [0.1, 0.15) is 36.2 Å². The third-order valence-corrected chi connectivity index (χ3v) is 3.01. The minimum Gasteiger partial charge on any atom is -0.462 e. The highest BCUT2D eigenvalue weighted by molar-refractivity contribution is 6.04. The average Bonchev–Trinajstić information content (AvgIpc) is 2.40. The highest BCUT2D eigenvalue weighted by Crippen LogP contribution is 2.25. The SMILES string of the molecule is CCCc1ccc2ncc(C(=O)OCC)c(N)c2c1. The van der Waals surface area contributed by atoms with Crippen molar-refractivity contribution in [2.45, 2.75) is 26.7 Å². The largest absolute Gasteiger partial charge is 0.462 e. The van der Waals surface area contributed by atoms with Crippen molar-refractivity contribution in [2.75, 3.05) is 12.3 Å². The molecule has 1 heterocycles. The van der Waals surface area contributed by atoms with Crippen LogP contribution in [0.25, 0.3) is 10.9 Å². The van der Waals surface area contributed by atoms with Gasteiger partial charge in [-0.15, -0.1) is 0 Å². The maximum absolute atomic E-state index is 11.8. The minimum atomic E-state index is -0.421. The van der Waals surface area contributed by atoms with Gasteiger partial charge < -0.3 is 10.5 Å². The van der Waals surface area contributed by atoms with Crippen LogP contribution in [0.5, 0.6) is 0 Å². The standard InChI is InChI=1S/C15H18N2O2/c1-3-5-10-6-7-13-11(8-10)14(16)12(9-17-13)15(18)19-4-2/h6-9H,3-5H2,1-2H3,(H2,16,17). The predicted molar refractivity (Wildman–Crippen MR) is 76.1 cm³/mol. The van der Waals surface area contributed by atoms with Gasteiger partial charge in [0, 0.05) is 11.6 Å². The van der Waals surface area contributed by atoms with Crippen molar-refractivity contribution in [2.24, 2.45) is 0 Å². The van der Waals surface area contributed by atoms with E-state index in [9.17, 15) is 4.79 Å². The summed E-state index contributed by atoms with van der Waals surface area (Å²) in [7, 11) is 0. The van der Waals surface area contributed by atoms with Gasteiger partial charge in [-0.2, -0.15) is 0 Å². The van der Waals surface area contributed by atoms with E-state index in [2.05, 4.69) is 11.9 Å². The van der Waals surface area contributed by atoms with Crippen molar-refractivity contribution in [3.8, 4) is 0 Å². The minimum absolute atomic E-state index is 0.326. The molecule has 0 aliphatic carbocycles. The second-order valence-electron chi connectivity index (χ2n) is 4.41. The third kappa shape index (κ3) is 2.67. The van der Waals surface area contributed by atoms with E-state index in [1.807, 2.05) is 18.2 Å². The molecule has 4 heteroatoms. The molecule has 0 atom stereocenters. The van der Waals surface area contributed by atoms with E-state index in [-0.39, 0.29) is 0 Å². The fourth-order valence-corrected chi connectivity index (χ4v) is 2.08. The highest BCUT2D eigenvalue weighted by Gasteiger charge is 2.14. The number of carbonyl (C=O) groups excluding carboxylic acids is 1. The number of nitrogens with zero attached hydrogens (tertiary/aromatic N) is 1. The summed E-state index contributed by atoms with van der Waals surface area (Å²) in [6.45, 7) is 4.22. The molecule has 100 valence electrons. The van der Waals surface area contributed by atoms with Gasteiger partial charge in [-0.25, -0.2) is 4.79 Å². The van der Waals surface area contributed by atoms with Gasteiger partial charge in [-0.1, -0.05) is 19.4 Å². The molecule has 0 aliphatic heterocycles. The molecule has 0 unspecified atom stereocenters. The number of hydrogen-bond donors (Lipinski definition) is 1. The Morgan fingerprint density at radius 1 is 1.37 bits per heavy atom. The molecule has 0 saturated heterocycles. The maximum atomic E-state index is 11.8. The topological polar surface area (TPSA) is 65.2 Å². The van der Waals surface area contributed by atoms with Gasteiger partial charge >= 0.3 is 5.97 Å². The molecule has 1 aromatic carbocycles. The van der Waals surface area contributed by atoms with E-state index >= 15 is 0 Å². The Balaban J connectivity index is 2.52. The molecule has 0 spiro atoms. The summed E-state index contributed by atoms with van der Waals surface area (Å²) in [6.07, 6.45) is 3.53. The zero-order valence-electron chi connectivity index (χ0n) is 11.3. The van der Waals surface area contributed by atoms with Crippen molar-refractivity contribution < 1.29 is 9.53 Å². The van der Waals surface area contributed by atoms with Crippen LogP contribution in [0.4, 0.5) is 5.69 Å². The lowest BCUT2D eigenvalue weighted by molar-refractivity contribution is 0.0527. The zero-order chi connectivity index (χ0) is 13.8. The lowest BCUT2D eigenvalue weighted by Gasteiger charge is -2.09. The normalized spacial score (nSPS) is 10.6. The van der Waals surface area contributed by atoms with Gasteiger partial charge in [-0.3, -0.25) is 4.98 Å². The number of hydrogen-bond acceptors (Lipinski definition) is 4. The number of ether oxygens (including phenoxy) is 1. The zero-order valence-corrected chi connectivity index (χ0v) is 11.3. The number of anilines is 1. The molecular formula is C15H18N2O2. The van der Waals surface area contributed by atoms with E-state index in [0.29, 0.717) is 17.9 Å². The number of benzene rings is 1. The van der Waals surface area contributed by atoms with E-state index in [0.717, 1.165) is 23.7 Å². The van der Waals surface area contributed by atoms with Crippen molar-refractivity contribution >= 4 is 22.6 Å². The molecule has 0 aliphatic rings. The van der Waals surface area contributed by atoms with Crippen molar-refractivity contribution in [3.63, 3.8) is 0 Å². The average molecular weight is 258 g/mol. The fourth-order valence-electron chi connectivity index (χ4n) is 2.08. The number of rotatable bonds is 4. The van der Waals surface area contributed by atoms with Crippen LogP contribution in [0.2, 0.25) is 0 Å². The Bertz CT molecular complexity index is 608. The summed E-state index contributed by atoms with van der Waals surface area (Å²) in [5.41, 5.74) is 8.85. The van der Waals surface area contributed by atoms with Crippen LogP contribution >= 0.6 is 0 Å². The summed E-state index contributed by atoms with van der Waals surface area (Å²) >= 11 is 0. The molecule has 19 heavy (non-hydrogen) atoms. The van der Waals surface area contributed by atoms with Gasteiger partial charge in [0.25, 0.3) is 0 Å². The fraction of sp³-hybridized carbons (Fsp3) is 0.333. The first-order valence-corrected chi connectivity index (χ1v) is 6.51. The molecule has 2 aromatic rings. The van der Waals surface area contributed by atoms with Gasteiger partial charge in [0.1, 0.15) is 5.56 Å². The molecule has 2 rings (SSSR count). The summed E-state index contributed by atoms with van der Waals surface area (Å²) in [4.78, 5) is 16.0. The molecule has 0 radical (unpaired) electrons. The van der Waals surface area contributed by atoms with E-state index in [1.165, 1.54) is 11.8 Å². The first-order valence-electron chi connectivity index (χ1n) is 6.51. The van der Waals surface area contributed by atoms with Crippen LogP contribution in [-0.4, -0.2) is 17.6 Å². The second-order valence-corrected chi connectivity index (χ2v) is 4.41. The van der Waals surface area contributed by atoms with Gasteiger partial charge in [-0.05, 0) is 31.0 Å². The smallest absolute Gasteiger partial charge is 0.341 e. The Morgan fingerprint density at radius 2 is 2.16 bits per heavy atom. The number of fused-ring (bicyclic) bond motifs is 1. The van der Waals surface area contributed by atoms with Crippen LogP contribution in [-0.2, 0) is 11.2 Å². The molecule has 0 amide bonds. The Labute approximate surface area is 112 Å². The van der Waals surface area contributed by atoms with Crippen molar-refractivity contribution in [1.29, 1.82) is 0 Å². The van der Waals surface area contributed by atoms with Crippen LogP contribution < -0.4 is 5.73 Å². The Kier molecular flexibility index (Phi) is 4.00. The lowest BCUT2D eigenvalue weighted by Crippen LogP contribution is -2.09. The predicted octanol–water partition coefficient (Wildman–Crippen LogP) is 2.95. The second kappa shape index (κ2) is 5.69. The molecule has 1 aromatic heterocycles. The summed E-state index contributed by atoms with van der Waals surface area (Å²) < 4.78 is 4.98. The van der Waals surface area contributed by atoms with E-state index in [1.54, 1.807) is 6.92 Å². The summed E-state index contributed by atoms with van der Waals surface area (Å²) in [6, 6.07) is 5.98. The van der Waals surface area contributed by atoms with Gasteiger partial charge in [0.05, 0.1) is 17.8 Å². The summed E-state index contributed by atoms with van der Waals surface area (Å²) in [5.74, 6) is -0.421. The highest BCUT2D eigenvalue weighted by atomic mass is 16.5. The van der Waals surface area contributed by atoms with Crippen LogP contribution in [0, 0.1) is 0 Å². The number of nitrogens with two attached hydrogens (primary N) is 1. The number of aryl methyl sites for hydroxylation is 1. The monoisotopic (exact) mass is 258 g/mol. The Morgan fingerprint density at radius 3 is 2.84 bits per heavy atom. The number of nitrogen functional groups attached to an aromatic ring is 1. The number of pyridine rings is 1. The number of esters is 1. The Hall–Kier alpha value is -2.10. The number of aromatic nitrogens is 1. The molecule has 4 nitrogen and oxygen atoms in total. The first kappa shape index (κ1) is 13.3. The first-order chi connectivity index (χ1) is 9.17. The van der Waals surface area contributed by atoms with Crippen molar-refractivity contribution in [1.82, 2.24) is 4.98 Å². The molecule has 2 N–H and O–H groups in total. The number of carbonyl (C=O) groups is 1. The van der Waals surface area contributed by atoms with Crippen molar-refractivity contribution in [3.05, 3.63) is 35.5 Å². The van der Waals surface area contributed by atoms with E-state index < -0.39 is 5.97 Å². The summed E-state index contributed by atoms with van der Waals surface area (Å²) in [5, 5.41) is 0.816. The molecule has 0 saturated carbocycles. The van der Waals surface area contributed by atoms with Gasteiger partial charge in [0.15, 0.2) is 0 Å². The molecular weight excluding hydrogens is 240 g/mol. The quantitative estimate of drug-likeness (QED) is 0.856. The molecule has 0 bridgehead atoms. The molecule has 0 fully saturated rings.